The zero-order chi connectivity index (χ0) is 14.3. The van der Waals surface area contributed by atoms with Gasteiger partial charge in [0.25, 0.3) is 5.91 Å². The molecule has 0 unspecified atom stereocenters. The SMILES string of the molecule is CO[C@H](C)C(=O)N1CCc2c([nH]c3ccccc23)[C@@H]1C. The van der Waals surface area contributed by atoms with Gasteiger partial charge in [0, 0.05) is 30.3 Å². The molecule has 1 amide bonds. The third-order valence-corrected chi connectivity index (χ3v) is 4.32. The summed E-state index contributed by atoms with van der Waals surface area (Å²) in [6.45, 7) is 4.63. The fourth-order valence-electron chi connectivity index (χ4n) is 3.06. The maximum Gasteiger partial charge on any atom is 0.251 e. The van der Waals surface area contributed by atoms with Crippen molar-refractivity contribution in [2.45, 2.75) is 32.4 Å². The lowest BCUT2D eigenvalue weighted by Gasteiger charge is -2.35. The van der Waals surface area contributed by atoms with Gasteiger partial charge < -0.3 is 14.6 Å². The number of hydrogen-bond donors (Lipinski definition) is 1. The maximum absolute atomic E-state index is 12.4. The Labute approximate surface area is 118 Å². The van der Waals surface area contributed by atoms with Crippen molar-refractivity contribution in [1.82, 2.24) is 9.88 Å². The Morgan fingerprint density at radius 3 is 2.95 bits per heavy atom. The van der Waals surface area contributed by atoms with Crippen LogP contribution in [-0.4, -0.2) is 35.5 Å². The molecule has 20 heavy (non-hydrogen) atoms. The van der Waals surface area contributed by atoms with Gasteiger partial charge in [-0.2, -0.15) is 0 Å². The van der Waals surface area contributed by atoms with Gasteiger partial charge in [-0.25, -0.2) is 0 Å². The molecule has 0 aliphatic carbocycles. The topological polar surface area (TPSA) is 45.3 Å². The molecule has 0 saturated carbocycles. The van der Waals surface area contributed by atoms with Gasteiger partial charge in [0.15, 0.2) is 0 Å². The number of carbonyl (C=O) groups is 1. The molecule has 1 aromatic heterocycles. The largest absolute Gasteiger partial charge is 0.372 e. The van der Waals surface area contributed by atoms with Crippen LogP contribution in [0.2, 0.25) is 0 Å². The van der Waals surface area contributed by atoms with Gasteiger partial charge in [-0.3, -0.25) is 4.79 Å². The minimum absolute atomic E-state index is 0.0595. The Balaban J connectivity index is 1.98. The zero-order valence-electron chi connectivity index (χ0n) is 12.1. The maximum atomic E-state index is 12.4. The van der Waals surface area contributed by atoms with Gasteiger partial charge in [-0.1, -0.05) is 18.2 Å². The van der Waals surface area contributed by atoms with E-state index in [4.69, 9.17) is 4.74 Å². The van der Waals surface area contributed by atoms with Crippen molar-refractivity contribution in [3.05, 3.63) is 35.5 Å². The molecule has 1 N–H and O–H groups in total. The molecule has 0 fully saturated rings. The number of benzene rings is 1. The van der Waals surface area contributed by atoms with Crippen molar-refractivity contribution >= 4 is 16.8 Å². The summed E-state index contributed by atoms with van der Waals surface area (Å²) in [5.74, 6) is 0.0595. The van der Waals surface area contributed by atoms with Gasteiger partial charge in [0.05, 0.1) is 6.04 Å². The summed E-state index contributed by atoms with van der Waals surface area (Å²) in [6.07, 6.45) is 0.509. The minimum Gasteiger partial charge on any atom is -0.372 e. The number of aromatic amines is 1. The van der Waals surface area contributed by atoms with Gasteiger partial charge in [0.2, 0.25) is 0 Å². The van der Waals surface area contributed by atoms with Crippen molar-refractivity contribution in [2.75, 3.05) is 13.7 Å². The van der Waals surface area contributed by atoms with Crippen LogP contribution in [0.4, 0.5) is 0 Å². The van der Waals surface area contributed by atoms with E-state index in [-0.39, 0.29) is 18.1 Å². The lowest BCUT2D eigenvalue weighted by atomic mass is 9.98. The number of fused-ring (bicyclic) bond motifs is 3. The van der Waals surface area contributed by atoms with Crippen LogP contribution in [0.15, 0.2) is 24.3 Å². The number of hydrogen-bond acceptors (Lipinski definition) is 2. The van der Waals surface area contributed by atoms with E-state index in [0.29, 0.717) is 0 Å². The zero-order valence-corrected chi connectivity index (χ0v) is 12.1. The summed E-state index contributed by atoms with van der Waals surface area (Å²) in [7, 11) is 1.57. The van der Waals surface area contributed by atoms with Crippen LogP contribution in [-0.2, 0) is 16.0 Å². The van der Waals surface area contributed by atoms with E-state index in [9.17, 15) is 4.79 Å². The third kappa shape index (κ3) is 1.91. The molecule has 2 atom stereocenters. The molecular formula is C16H20N2O2. The minimum atomic E-state index is -0.386. The molecule has 1 aromatic carbocycles. The van der Waals surface area contributed by atoms with E-state index >= 15 is 0 Å². The highest BCUT2D eigenvalue weighted by atomic mass is 16.5. The molecule has 2 heterocycles. The number of carbonyl (C=O) groups excluding carboxylic acids is 1. The van der Waals surface area contributed by atoms with Gasteiger partial charge in [-0.05, 0) is 31.9 Å². The highest BCUT2D eigenvalue weighted by Gasteiger charge is 2.32. The number of ether oxygens (including phenoxy) is 1. The molecule has 1 aliphatic rings. The smallest absolute Gasteiger partial charge is 0.251 e. The number of rotatable bonds is 2. The summed E-state index contributed by atoms with van der Waals surface area (Å²) in [5, 5.41) is 1.28. The van der Waals surface area contributed by atoms with E-state index in [1.807, 2.05) is 11.0 Å². The molecule has 3 rings (SSSR count). The first-order valence-electron chi connectivity index (χ1n) is 7.06. The van der Waals surface area contributed by atoms with Crippen molar-refractivity contribution < 1.29 is 9.53 Å². The Kier molecular flexibility index (Phi) is 3.26. The number of nitrogens with zero attached hydrogens (tertiary/aromatic N) is 1. The summed E-state index contributed by atoms with van der Waals surface area (Å²) >= 11 is 0. The number of methoxy groups -OCH3 is 1. The molecule has 4 heteroatoms. The van der Waals surface area contributed by atoms with E-state index in [1.165, 1.54) is 10.9 Å². The van der Waals surface area contributed by atoms with Gasteiger partial charge in [-0.15, -0.1) is 0 Å². The first-order chi connectivity index (χ1) is 9.63. The predicted octanol–water partition coefficient (Wildman–Crippen LogP) is 2.65. The first kappa shape index (κ1) is 13.2. The highest BCUT2D eigenvalue weighted by molar-refractivity contribution is 5.86. The lowest BCUT2D eigenvalue weighted by Crippen LogP contribution is -2.43. The van der Waals surface area contributed by atoms with Crippen molar-refractivity contribution in [3.8, 4) is 0 Å². The van der Waals surface area contributed by atoms with Crippen LogP contribution in [0.25, 0.3) is 10.9 Å². The van der Waals surface area contributed by atoms with Crippen molar-refractivity contribution in [1.29, 1.82) is 0 Å². The first-order valence-corrected chi connectivity index (χ1v) is 7.06. The standard InChI is InChI=1S/C16H20N2O2/c1-10-15-13(12-6-4-5-7-14(12)17-15)8-9-18(10)16(19)11(2)20-3/h4-7,10-11,17H,8-9H2,1-3H3/t10-,11+/m0/s1. The van der Waals surface area contributed by atoms with Crippen LogP contribution < -0.4 is 0 Å². The highest BCUT2D eigenvalue weighted by Crippen LogP contribution is 2.34. The van der Waals surface area contributed by atoms with E-state index in [1.54, 1.807) is 14.0 Å². The Morgan fingerprint density at radius 2 is 2.20 bits per heavy atom. The van der Waals surface area contributed by atoms with Crippen molar-refractivity contribution in [3.63, 3.8) is 0 Å². The Bertz CT molecular complexity index is 647. The van der Waals surface area contributed by atoms with Crippen LogP contribution in [0.5, 0.6) is 0 Å². The lowest BCUT2D eigenvalue weighted by molar-refractivity contribution is -0.143. The summed E-state index contributed by atoms with van der Waals surface area (Å²) in [5.41, 5.74) is 3.66. The average Bonchev–Trinajstić information content (AvgIpc) is 2.86. The van der Waals surface area contributed by atoms with Crippen LogP contribution in [0, 0.1) is 0 Å². The monoisotopic (exact) mass is 272 g/mol. The Hall–Kier alpha value is -1.81. The number of nitrogens with one attached hydrogen (secondary N) is 1. The van der Waals surface area contributed by atoms with Gasteiger partial charge >= 0.3 is 0 Å². The van der Waals surface area contributed by atoms with E-state index in [2.05, 4.69) is 30.1 Å². The van der Waals surface area contributed by atoms with Crippen molar-refractivity contribution in [2.24, 2.45) is 0 Å². The van der Waals surface area contributed by atoms with Crippen LogP contribution in [0.3, 0.4) is 0 Å². The molecule has 0 radical (unpaired) electrons. The molecule has 4 nitrogen and oxygen atoms in total. The van der Waals surface area contributed by atoms with Crippen LogP contribution in [0.1, 0.15) is 31.1 Å². The van der Waals surface area contributed by atoms with E-state index < -0.39 is 0 Å². The predicted molar refractivity (Wildman–Crippen MR) is 78.6 cm³/mol. The summed E-state index contributed by atoms with van der Waals surface area (Å²) in [4.78, 5) is 17.7. The third-order valence-electron chi connectivity index (χ3n) is 4.32. The molecule has 2 aromatic rings. The normalized spacial score (nSPS) is 19.9. The second kappa shape index (κ2) is 4.94. The molecule has 0 bridgehead atoms. The number of aromatic nitrogens is 1. The second-order valence-corrected chi connectivity index (χ2v) is 5.40. The summed E-state index contributed by atoms with van der Waals surface area (Å²) < 4.78 is 5.16. The number of H-pyrrole nitrogens is 1. The second-order valence-electron chi connectivity index (χ2n) is 5.40. The number of para-hydroxylation sites is 1. The van der Waals surface area contributed by atoms with E-state index in [0.717, 1.165) is 24.2 Å². The fraction of sp³-hybridized carbons (Fsp3) is 0.438. The average molecular weight is 272 g/mol. The quantitative estimate of drug-likeness (QED) is 0.913. The molecule has 0 saturated heterocycles. The van der Waals surface area contributed by atoms with Gasteiger partial charge in [0.1, 0.15) is 6.10 Å². The molecular weight excluding hydrogens is 252 g/mol. The fourth-order valence-corrected chi connectivity index (χ4v) is 3.06. The number of amides is 1. The summed E-state index contributed by atoms with van der Waals surface area (Å²) in [6, 6.07) is 8.39. The Morgan fingerprint density at radius 1 is 1.45 bits per heavy atom. The molecule has 106 valence electrons. The molecule has 0 spiro atoms. The molecule has 1 aliphatic heterocycles. The van der Waals surface area contributed by atoms with Crippen LogP contribution >= 0.6 is 0 Å².